The van der Waals surface area contributed by atoms with E-state index in [-0.39, 0.29) is 37.1 Å². The van der Waals surface area contributed by atoms with E-state index in [1.54, 1.807) is 13.8 Å². The van der Waals surface area contributed by atoms with E-state index in [2.05, 4.69) is 21.3 Å². The first-order chi connectivity index (χ1) is 18.3. The fourth-order valence-electron chi connectivity index (χ4n) is 4.11. The standard InChI is InChI=1S/C28H36N4O6/c1-19(29-27(35)37-17-21-11-5-3-6-12-21)25(33)31-23-15-9-10-16-24(23)32-26(34)20(2)30-28(36)38-18-22-13-7-4-8-14-22/h3-8,11-14,19-20,23-24H,9-10,15-18H2,1-2H3,(H,29,35)(H,30,36)(H,31,33)(H,32,34)/t19-,20+,23-,24-/m1/s1. The number of hydrogen-bond acceptors (Lipinski definition) is 6. The Hall–Kier alpha value is -4.08. The maximum Gasteiger partial charge on any atom is 0.408 e. The Morgan fingerprint density at radius 1 is 0.684 bits per heavy atom. The van der Waals surface area contributed by atoms with Gasteiger partial charge in [0.1, 0.15) is 25.3 Å². The van der Waals surface area contributed by atoms with E-state index >= 15 is 0 Å². The third kappa shape index (κ3) is 9.42. The van der Waals surface area contributed by atoms with Crippen molar-refractivity contribution in [3.63, 3.8) is 0 Å². The summed E-state index contributed by atoms with van der Waals surface area (Å²) in [6.45, 7) is 3.35. The summed E-state index contributed by atoms with van der Waals surface area (Å²) >= 11 is 0. The average molecular weight is 525 g/mol. The summed E-state index contributed by atoms with van der Waals surface area (Å²) in [6, 6.07) is 16.2. The van der Waals surface area contributed by atoms with E-state index in [9.17, 15) is 19.2 Å². The van der Waals surface area contributed by atoms with Gasteiger partial charge < -0.3 is 30.7 Å². The number of benzene rings is 2. The number of amides is 4. The lowest BCUT2D eigenvalue weighted by molar-refractivity contribution is -0.126. The van der Waals surface area contributed by atoms with Gasteiger partial charge in [-0.1, -0.05) is 73.5 Å². The van der Waals surface area contributed by atoms with Crippen LogP contribution in [0.2, 0.25) is 0 Å². The number of rotatable bonds is 10. The summed E-state index contributed by atoms with van der Waals surface area (Å²) in [6.07, 6.45) is 1.79. The summed E-state index contributed by atoms with van der Waals surface area (Å²) in [7, 11) is 0. The summed E-state index contributed by atoms with van der Waals surface area (Å²) in [4.78, 5) is 49.7. The largest absolute Gasteiger partial charge is 0.445 e. The minimum atomic E-state index is -0.823. The van der Waals surface area contributed by atoms with Gasteiger partial charge in [0, 0.05) is 12.1 Å². The summed E-state index contributed by atoms with van der Waals surface area (Å²) < 4.78 is 10.4. The molecule has 0 unspecified atom stereocenters. The van der Waals surface area contributed by atoms with E-state index in [1.807, 2.05) is 60.7 Å². The van der Waals surface area contributed by atoms with Crippen molar-refractivity contribution in [1.82, 2.24) is 21.3 Å². The molecule has 38 heavy (non-hydrogen) atoms. The normalized spacial score (nSPS) is 18.3. The molecule has 0 radical (unpaired) electrons. The van der Waals surface area contributed by atoms with Crippen molar-refractivity contribution in [2.24, 2.45) is 0 Å². The van der Waals surface area contributed by atoms with Crippen molar-refractivity contribution in [3.8, 4) is 0 Å². The second kappa shape index (κ2) is 14.6. The molecule has 2 aromatic rings. The molecule has 4 N–H and O–H groups in total. The molecular weight excluding hydrogens is 488 g/mol. The van der Waals surface area contributed by atoms with Crippen LogP contribution in [0.3, 0.4) is 0 Å². The van der Waals surface area contributed by atoms with Gasteiger partial charge in [-0.3, -0.25) is 9.59 Å². The fourth-order valence-corrected chi connectivity index (χ4v) is 4.11. The van der Waals surface area contributed by atoms with Gasteiger partial charge in [-0.25, -0.2) is 9.59 Å². The van der Waals surface area contributed by atoms with Gasteiger partial charge in [0.2, 0.25) is 11.8 Å². The van der Waals surface area contributed by atoms with Crippen molar-refractivity contribution in [1.29, 1.82) is 0 Å². The Labute approximate surface area is 222 Å². The van der Waals surface area contributed by atoms with Crippen LogP contribution in [0, 0.1) is 0 Å². The Balaban J connectivity index is 1.42. The van der Waals surface area contributed by atoms with Gasteiger partial charge in [0.25, 0.3) is 0 Å². The summed E-state index contributed by atoms with van der Waals surface area (Å²) in [5.41, 5.74) is 1.68. The lowest BCUT2D eigenvalue weighted by atomic mass is 9.90. The molecule has 204 valence electrons. The molecule has 0 aromatic heterocycles. The van der Waals surface area contributed by atoms with E-state index in [1.165, 1.54) is 0 Å². The lowest BCUT2D eigenvalue weighted by Gasteiger charge is -2.34. The SMILES string of the molecule is C[C@H](NC(=O)OCc1ccccc1)C(=O)N[C@@H]1CCCC[C@H]1NC(=O)[C@@H](C)NC(=O)OCc1ccccc1. The zero-order valence-electron chi connectivity index (χ0n) is 21.8. The smallest absolute Gasteiger partial charge is 0.408 e. The minimum Gasteiger partial charge on any atom is -0.445 e. The molecule has 1 aliphatic rings. The highest BCUT2D eigenvalue weighted by Gasteiger charge is 2.31. The number of carbonyl (C=O) groups is 4. The first-order valence-corrected chi connectivity index (χ1v) is 12.9. The predicted octanol–water partition coefficient (Wildman–Crippen LogP) is 3.16. The summed E-state index contributed by atoms with van der Waals surface area (Å²) in [5.74, 6) is -0.744. The van der Waals surface area contributed by atoms with Crippen molar-refractivity contribution in [2.75, 3.05) is 0 Å². The van der Waals surface area contributed by atoms with E-state index in [0.717, 1.165) is 24.0 Å². The molecule has 0 spiro atoms. The van der Waals surface area contributed by atoms with Crippen LogP contribution in [0.4, 0.5) is 9.59 Å². The Morgan fingerprint density at radius 3 is 1.42 bits per heavy atom. The Bertz CT molecular complexity index is 980. The fraction of sp³-hybridized carbons (Fsp3) is 0.429. The van der Waals surface area contributed by atoms with Crippen LogP contribution < -0.4 is 21.3 Å². The Morgan fingerprint density at radius 2 is 1.05 bits per heavy atom. The topological polar surface area (TPSA) is 135 Å². The molecule has 10 heteroatoms. The van der Waals surface area contributed by atoms with Crippen LogP contribution in [-0.2, 0) is 32.3 Å². The third-order valence-corrected chi connectivity index (χ3v) is 6.30. The van der Waals surface area contributed by atoms with Crippen LogP contribution in [0.25, 0.3) is 0 Å². The molecule has 1 fully saturated rings. The highest BCUT2D eigenvalue weighted by molar-refractivity contribution is 5.86. The number of hydrogen-bond donors (Lipinski definition) is 4. The third-order valence-electron chi connectivity index (χ3n) is 6.30. The van der Waals surface area contributed by atoms with E-state index in [4.69, 9.17) is 9.47 Å². The molecule has 0 heterocycles. The molecule has 10 nitrogen and oxygen atoms in total. The number of carbonyl (C=O) groups excluding carboxylic acids is 4. The molecule has 2 aromatic carbocycles. The molecule has 4 amide bonds. The van der Waals surface area contributed by atoms with Gasteiger partial charge in [0.05, 0.1) is 0 Å². The zero-order chi connectivity index (χ0) is 27.3. The number of ether oxygens (including phenoxy) is 2. The molecule has 1 saturated carbocycles. The highest BCUT2D eigenvalue weighted by Crippen LogP contribution is 2.19. The van der Waals surface area contributed by atoms with E-state index in [0.29, 0.717) is 12.8 Å². The molecule has 3 rings (SSSR count). The second-order valence-electron chi connectivity index (χ2n) is 9.37. The first kappa shape index (κ1) is 28.5. The quantitative estimate of drug-likeness (QED) is 0.377. The van der Waals surface area contributed by atoms with Crippen LogP contribution in [-0.4, -0.2) is 48.2 Å². The minimum absolute atomic E-state index is 0.101. The van der Waals surface area contributed by atoms with Crippen LogP contribution in [0.1, 0.15) is 50.7 Å². The van der Waals surface area contributed by atoms with E-state index < -0.39 is 24.3 Å². The number of alkyl carbamates (subject to hydrolysis) is 2. The second-order valence-corrected chi connectivity index (χ2v) is 9.37. The van der Waals surface area contributed by atoms with Gasteiger partial charge in [-0.2, -0.15) is 0 Å². The predicted molar refractivity (Wildman–Crippen MR) is 141 cm³/mol. The van der Waals surface area contributed by atoms with Crippen molar-refractivity contribution < 1.29 is 28.7 Å². The molecule has 1 aliphatic carbocycles. The van der Waals surface area contributed by atoms with Crippen molar-refractivity contribution in [2.45, 2.75) is 76.9 Å². The molecule has 0 bridgehead atoms. The maximum absolute atomic E-state index is 12.8. The van der Waals surface area contributed by atoms with Crippen LogP contribution in [0.15, 0.2) is 60.7 Å². The monoisotopic (exact) mass is 524 g/mol. The lowest BCUT2D eigenvalue weighted by Crippen LogP contribution is -2.58. The molecular formula is C28H36N4O6. The van der Waals surface area contributed by atoms with Crippen LogP contribution >= 0.6 is 0 Å². The maximum atomic E-state index is 12.8. The summed E-state index contributed by atoms with van der Waals surface area (Å²) in [5, 5.41) is 10.9. The molecule has 0 saturated heterocycles. The highest BCUT2D eigenvalue weighted by atomic mass is 16.6. The average Bonchev–Trinajstić information content (AvgIpc) is 2.92. The van der Waals surface area contributed by atoms with Gasteiger partial charge in [-0.15, -0.1) is 0 Å². The first-order valence-electron chi connectivity index (χ1n) is 12.9. The molecule has 0 aliphatic heterocycles. The van der Waals surface area contributed by atoms with Gasteiger partial charge in [0.15, 0.2) is 0 Å². The van der Waals surface area contributed by atoms with Crippen molar-refractivity contribution in [3.05, 3.63) is 71.8 Å². The number of nitrogens with one attached hydrogen (secondary N) is 4. The molecule has 4 atom stereocenters. The van der Waals surface area contributed by atoms with Gasteiger partial charge in [-0.05, 0) is 37.8 Å². The zero-order valence-corrected chi connectivity index (χ0v) is 21.8. The van der Waals surface area contributed by atoms with Crippen LogP contribution in [0.5, 0.6) is 0 Å². The van der Waals surface area contributed by atoms with Crippen molar-refractivity contribution >= 4 is 24.0 Å². The Kier molecular flexibility index (Phi) is 11.0. The van der Waals surface area contributed by atoms with Gasteiger partial charge >= 0.3 is 12.2 Å².